The summed E-state index contributed by atoms with van der Waals surface area (Å²) in [6.07, 6.45) is 7.10. The van der Waals surface area contributed by atoms with E-state index in [4.69, 9.17) is 0 Å². The molecular formula is C15H31NS. The monoisotopic (exact) mass is 257 g/mol. The molecular weight excluding hydrogens is 226 g/mol. The molecule has 0 aliphatic heterocycles. The van der Waals surface area contributed by atoms with Crippen LogP contribution in [0.2, 0.25) is 0 Å². The van der Waals surface area contributed by atoms with Crippen molar-refractivity contribution in [3.05, 3.63) is 0 Å². The van der Waals surface area contributed by atoms with Crippen LogP contribution < -0.4 is 5.32 Å². The molecule has 1 aliphatic rings. The van der Waals surface area contributed by atoms with Crippen molar-refractivity contribution < 1.29 is 0 Å². The molecule has 1 rings (SSSR count). The molecule has 1 nitrogen and oxygen atoms in total. The topological polar surface area (TPSA) is 12.0 Å². The number of hydrogen-bond donors (Lipinski definition) is 1. The maximum atomic E-state index is 3.83. The van der Waals surface area contributed by atoms with Gasteiger partial charge in [0.05, 0.1) is 0 Å². The van der Waals surface area contributed by atoms with Crippen LogP contribution in [-0.4, -0.2) is 23.6 Å². The molecule has 0 aromatic heterocycles. The molecule has 0 heterocycles. The summed E-state index contributed by atoms with van der Waals surface area (Å²) in [4.78, 5) is 0. The minimum atomic E-state index is 0.681. The van der Waals surface area contributed by atoms with E-state index < -0.39 is 0 Å². The van der Waals surface area contributed by atoms with Gasteiger partial charge in [-0.25, -0.2) is 0 Å². The van der Waals surface area contributed by atoms with Crippen LogP contribution in [0.15, 0.2) is 0 Å². The minimum Gasteiger partial charge on any atom is -0.311 e. The normalized spacial score (nSPS) is 28.1. The molecule has 0 aromatic carbocycles. The van der Waals surface area contributed by atoms with E-state index in [0.29, 0.717) is 6.04 Å². The number of rotatable bonds is 6. The SMILES string of the molecule is CCSCC(C)NC1CCCC(C(C)C)CC1. The highest BCUT2D eigenvalue weighted by atomic mass is 32.2. The standard InChI is InChI=1S/C15H31NS/c1-5-17-11-13(4)16-15-8-6-7-14(9-10-15)12(2)3/h12-16H,5-11H2,1-4H3. The summed E-state index contributed by atoms with van der Waals surface area (Å²) in [5.74, 6) is 4.36. The van der Waals surface area contributed by atoms with E-state index in [1.807, 2.05) is 0 Å². The van der Waals surface area contributed by atoms with Crippen LogP contribution in [0.5, 0.6) is 0 Å². The molecule has 0 spiro atoms. The Hall–Kier alpha value is 0.310. The van der Waals surface area contributed by atoms with Gasteiger partial charge in [0.15, 0.2) is 0 Å². The average molecular weight is 257 g/mol. The van der Waals surface area contributed by atoms with Crippen LogP contribution in [0.3, 0.4) is 0 Å². The largest absolute Gasteiger partial charge is 0.311 e. The van der Waals surface area contributed by atoms with Crippen LogP contribution in [0.4, 0.5) is 0 Å². The van der Waals surface area contributed by atoms with Crippen LogP contribution in [-0.2, 0) is 0 Å². The first-order chi connectivity index (χ1) is 8.13. The highest BCUT2D eigenvalue weighted by molar-refractivity contribution is 7.99. The molecule has 0 radical (unpaired) electrons. The van der Waals surface area contributed by atoms with E-state index in [1.54, 1.807) is 0 Å². The molecule has 3 atom stereocenters. The van der Waals surface area contributed by atoms with Gasteiger partial charge < -0.3 is 5.32 Å². The third-order valence-corrected chi connectivity index (χ3v) is 5.19. The van der Waals surface area contributed by atoms with Gasteiger partial charge in [0.2, 0.25) is 0 Å². The Kier molecular flexibility index (Phi) is 7.61. The molecule has 0 amide bonds. The van der Waals surface area contributed by atoms with Gasteiger partial charge in [-0.2, -0.15) is 11.8 Å². The van der Waals surface area contributed by atoms with Gasteiger partial charge in [0.1, 0.15) is 0 Å². The first kappa shape index (κ1) is 15.4. The number of nitrogens with one attached hydrogen (secondary N) is 1. The lowest BCUT2D eigenvalue weighted by atomic mass is 9.89. The van der Waals surface area contributed by atoms with Crippen molar-refractivity contribution in [3.63, 3.8) is 0 Å². The van der Waals surface area contributed by atoms with Crippen molar-refractivity contribution in [2.75, 3.05) is 11.5 Å². The predicted molar refractivity (Wildman–Crippen MR) is 80.8 cm³/mol. The fourth-order valence-electron chi connectivity index (χ4n) is 2.91. The second kappa shape index (κ2) is 8.42. The molecule has 0 aromatic rings. The van der Waals surface area contributed by atoms with Crippen molar-refractivity contribution in [3.8, 4) is 0 Å². The maximum Gasteiger partial charge on any atom is 0.0132 e. The van der Waals surface area contributed by atoms with Gasteiger partial charge in [0, 0.05) is 17.8 Å². The summed E-state index contributed by atoms with van der Waals surface area (Å²) < 4.78 is 0. The minimum absolute atomic E-state index is 0.681. The molecule has 1 saturated carbocycles. The van der Waals surface area contributed by atoms with Gasteiger partial charge in [-0.1, -0.05) is 33.6 Å². The molecule has 1 aliphatic carbocycles. The van der Waals surface area contributed by atoms with Gasteiger partial charge >= 0.3 is 0 Å². The molecule has 1 N–H and O–H groups in total. The molecule has 1 fully saturated rings. The Balaban J connectivity index is 2.26. The van der Waals surface area contributed by atoms with Crippen LogP contribution in [0.25, 0.3) is 0 Å². The van der Waals surface area contributed by atoms with Gasteiger partial charge in [-0.05, 0) is 43.8 Å². The molecule has 17 heavy (non-hydrogen) atoms. The Morgan fingerprint density at radius 1 is 1.12 bits per heavy atom. The third-order valence-electron chi connectivity index (χ3n) is 4.05. The van der Waals surface area contributed by atoms with Gasteiger partial charge in [-0.15, -0.1) is 0 Å². The van der Waals surface area contributed by atoms with Crippen molar-refractivity contribution >= 4 is 11.8 Å². The van der Waals surface area contributed by atoms with E-state index in [9.17, 15) is 0 Å². The summed E-state index contributed by atoms with van der Waals surface area (Å²) in [5, 5.41) is 3.83. The molecule has 2 heteroatoms. The highest BCUT2D eigenvalue weighted by Gasteiger charge is 2.21. The van der Waals surface area contributed by atoms with Crippen LogP contribution in [0.1, 0.15) is 59.8 Å². The van der Waals surface area contributed by atoms with E-state index >= 15 is 0 Å². The molecule has 3 unspecified atom stereocenters. The van der Waals surface area contributed by atoms with E-state index in [0.717, 1.165) is 17.9 Å². The Morgan fingerprint density at radius 2 is 1.88 bits per heavy atom. The van der Waals surface area contributed by atoms with Crippen molar-refractivity contribution in [2.24, 2.45) is 11.8 Å². The number of thioether (sulfide) groups is 1. The first-order valence-electron chi connectivity index (χ1n) is 7.47. The molecule has 0 saturated heterocycles. The second-order valence-electron chi connectivity index (χ2n) is 5.94. The Labute approximate surface area is 113 Å². The van der Waals surface area contributed by atoms with E-state index in [1.165, 1.54) is 43.6 Å². The number of hydrogen-bond acceptors (Lipinski definition) is 2. The zero-order valence-electron chi connectivity index (χ0n) is 12.2. The summed E-state index contributed by atoms with van der Waals surface area (Å²) in [7, 11) is 0. The zero-order valence-corrected chi connectivity index (χ0v) is 13.0. The zero-order chi connectivity index (χ0) is 12.7. The summed E-state index contributed by atoms with van der Waals surface area (Å²) in [6.45, 7) is 9.36. The average Bonchev–Trinajstić information content (AvgIpc) is 2.52. The Morgan fingerprint density at radius 3 is 2.53 bits per heavy atom. The van der Waals surface area contributed by atoms with Crippen molar-refractivity contribution in [1.82, 2.24) is 5.32 Å². The lowest BCUT2D eigenvalue weighted by Crippen LogP contribution is -2.37. The van der Waals surface area contributed by atoms with Gasteiger partial charge in [-0.3, -0.25) is 0 Å². The quantitative estimate of drug-likeness (QED) is 0.711. The third kappa shape index (κ3) is 6.15. The Bertz CT molecular complexity index is 193. The van der Waals surface area contributed by atoms with Crippen molar-refractivity contribution in [2.45, 2.75) is 71.9 Å². The predicted octanol–water partition coefficient (Wildman–Crippen LogP) is 4.32. The lowest BCUT2D eigenvalue weighted by Gasteiger charge is -2.22. The lowest BCUT2D eigenvalue weighted by molar-refractivity contribution is 0.336. The van der Waals surface area contributed by atoms with Crippen LogP contribution in [0, 0.1) is 11.8 Å². The van der Waals surface area contributed by atoms with E-state index in [-0.39, 0.29) is 0 Å². The second-order valence-corrected chi connectivity index (χ2v) is 7.26. The molecule has 0 bridgehead atoms. The van der Waals surface area contributed by atoms with Gasteiger partial charge in [0.25, 0.3) is 0 Å². The summed E-state index contributed by atoms with van der Waals surface area (Å²) >= 11 is 2.05. The fraction of sp³-hybridized carbons (Fsp3) is 1.00. The highest BCUT2D eigenvalue weighted by Crippen LogP contribution is 2.29. The maximum absolute atomic E-state index is 3.83. The molecule has 102 valence electrons. The van der Waals surface area contributed by atoms with Crippen LogP contribution >= 0.6 is 11.8 Å². The summed E-state index contributed by atoms with van der Waals surface area (Å²) in [6, 6.07) is 1.46. The smallest absolute Gasteiger partial charge is 0.0132 e. The fourth-order valence-corrected chi connectivity index (χ4v) is 3.59. The first-order valence-corrected chi connectivity index (χ1v) is 8.62. The summed E-state index contributed by atoms with van der Waals surface area (Å²) in [5.41, 5.74) is 0. The van der Waals surface area contributed by atoms with E-state index in [2.05, 4.69) is 44.8 Å². The van der Waals surface area contributed by atoms with Crippen molar-refractivity contribution in [1.29, 1.82) is 0 Å².